The molecule has 0 aliphatic carbocycles. The predicted octanol–water partition coefficient (Wildman–Crippen LogP) is 1.15. The van der Waals surface area contributed by atoms with Gasteiger partial charge < -0.3 is 20.7 Å². The molecule has 7 heteroatoms. The predicted molar refractivity (Wildman–Crippen MR) is 53.8 cm³/mol. The van der Waals surface area contributed by atoms with Crippen molar-refractivity contribution in [3.63, 3.8) is 0 Å². The molecule has 0 fully saturated rings. The molecule has 1 atom stereocenters. The van der Waals surface area contributed by atoms with Crippen molar-refractivity contribution in [2.75, 3.05) is 7.11 Å². The van der Waals surface area contributed by atoms with Crippen LogP contribution in [-0.2, 0) is 4.79 Å². The fourth-order valence-corrected chi connectivity index (χ4v) is 1.38. The highest BCUT2D eigenvalue weighted by Gasteiger charge is 2.25. The number of halogens is 2. The van der Waals surface area contributed by atoms with Crippen LogP contribution < -0.4 is 10.5 Å². The topological polar surface area (TPSA) is 92.8 Å². The van der Waals surface area contributed by atoms with Gasteiger partial charge >= 0.3 is 5.97 Å². The summed E-state index contributed by atoms with van der Waals surface area (Å²) in [5.41, 5.74) is 4.66. The number of phenols is 1. The van der Waals surface area contributed by atoms with Crippen molar-refractivity contribution in [2.24, 2.45) is 5.73 Å². The Bertz CT molecular complexity index is 450. The minimum Gasteiger partial charge on any atom is -0.505 e. The second-order valence-electron chi connectivity index (χ2n) is 3.34. The molecular weight excluding hydrogens is 236 g/mol. The van der Waals surface area contributed by atoms with Crippen LogP contribution in [0.1, 0.15) is 18.0 Å². The number of carbonyl (C=O) groups is 1. The minimum absolute atomic E-state index is 0.403. The molecule has 94 valence electrons. The Morgan fingerprint density at radius 3 is 2.59 bits per heavy atom. The lowest BCUT2D eigenvalue weighted by molar-refractivity contribution is -0.137. The van der Waals surface area contributed by atoms with E-state index in [-0.39, 0.29) is 0 Å². The van der Waals surface area contributed by atoms with Crippen LogP contribution in [0.5, 0.6) is 11.5 Å². The molecular formula is C10H11F2NO4. The molecule has 1 aromatic rings. The van der Waals surface area contributed by atoms with Gasteiger partial charge in [-0.3, -0.25) is 4.79 Å². The van der Waals surface area contributed by atoms with Crippen molar-refractivity contribution in [3.8, 4) is 11.5 Å². The molecule has 0 aliphatic rings. The molecule has 0 saturated heterocycles. The van der Waals surface area contributed by atoms with Crippen LogP contribution in [0.15, 0.2) is 6.07 Å². The molecule has 1 unspecified atom stereocenters. The molecule has 1 rings (SSSR count). The van der Waals surface area contributed by atoms with Crippen LogP contribution in [-0.4, -0.2) is 23.3 Å². The summed E-state index contributed by atoms with van der Waals surface area (Å²) in [5, 5.41) is 17.7. The lowest BCUT2D eigenvalue weighted by Gasteiger charge is -2.14. The Morgan fingerprint density at radius 2 is 2.12 bits per heavy atom. The Balaban J connectivity index is 3.30. The summed E-state index contributed by atoms with van der Waals surface area (Å²) in [6, 6.07) is -0.657. The van der Waals surface area contributed by atoms with Crippen LogP contribution in [0, 0.1) is 11.6 Å². The number of methoxy groups -OCH3 is 1. The monoisotopic (exact) mass is 247 g/mol. The Kier molecular flexibility index (Phi) is 3.84. The first-order valence-corrected chi connectivity index (χ1v) is 4.60. The first kappa shape index (κ1) is 13.2. The Hall–Kier alpha value is -1.89. The zero-order chi connectivity index (χ0) is 13.2. The number of benzene rings is 1. The molecule has 0 amide bonds. The third-order valence-electron chi connectivity index (χ3n) is 2.17. The highest BCUT2D eigenvalue weighted by Crippen LogP contribution is 2.34. The number of carboxylic acids is 1. The van der Waals surface area contributed by atoms with Gasteiger partial charge in [-0.15, -0.1) is 0 Å². The summed E-state index contributed by atoms with van der Waals surface area (Å²) in [7, 11) is 1.13. The van der Waals surface area contributed by atoms with E-state index in [9.17, 15) is 18.7 Å². The van der Waals surface area contributed by atoms with Gasteiger partial charge in [-0.2, -0.15) is 0 Å². The van der Waals surface area contributed by atoms with E-state index in [0.717, 1.165) is 13.2 Å². The van der Waals surface area contributed by atoms with Crippen molar-refractivity contribution in [2.45, 2.75) is 12.5 Å². The summed E-state index contributed by atoms with van der Waals surface area (Å²) in [4.78, 5) is 10.4. The summed E-state index contributed by atoms with van der Waals surface area (Å²) >= 11 is 0. The van der Waals surface area contributed by atoms with Gasteiger partial charge in [0.05, 0.1) is 13.5 Å². The third kappa shape index (κ3) is 2.62. The average Bonchev–Trinajstić information content (AvgIpc) is 2.22. The number of carboxylic acid groups (broad SMARTS) is 1. The number of nitrogens with two attached hydrogens (primary N) is 1. The van der Waals surface area contributed by atoms with Gasteiger partial charge in [0.25, 0.3) is 0 Å². The molecule has 0 radical (unpaired) electrons. The van der Waals surface area contributed by atoms with Gasteiger partial charge in [0.1, 0.15) is 0 Å². The van der Waals surface area contributed by atoms with E-state index in [4.69, 9.17) is 10.8 Å². The van der Waals surface area contributed by atoms with Crippen molar-refractivity contribution in [1.29, 1.82) is 0 Å². The number of rotatable bonds is 4. The lowest BCUT2D eigenvalue weighted by atomic mass is 10.0. The molecule has 0 saturated carbocycles. The van der Waals surface area contributed by atoms with E-state index < -0.39 is 47.1 Å². The van der Waals surface area contributed by atoms with Crippen molar-refractivity contribution in [1.82, 2.24) is 0 Å². The molecule has 5 nitrogen and oxygen atoms in total. The van der Waals surface area contributed by atoms with Gasteiger partial charge in [0, 0.05) is 17.7 Å². The third-order valence-corrected chi connectivity index (χ3v) is 2.17. The smallest absolute Gasteiger partial charge is 0.305 e. The van der Waals surface area contributed by atoms with Crippen LogP contribution >= 0.6 is 0 Å². The summed E-state index contributed by atoms with van der Waals surface area (Å²) in [6.45, 7) is 0. The summed E-state index contributed by atoms with van der Waals surface area (Å²) < 4.78 is 31.7. The second-order valence-corrected chi connectivity index (χ2v) is 3.34. The highest BCUT2D eigenvalue weighted by atomic mass is 19.1. The first-order valence-electron chi connectivity index (χ1n) is 4.60. The maximum absolute atomic E-state index is 13.7. The Morgan fingerprint density at radius 1 is 1.53 bits per heavy atom. The van der Waals surface area contributed by atoms with Crippen LogP contribution in [0.2, 0.25) is 0 Å². The molecule has 4 N–H and O–H groups in total. The maximum Gasteiger partial charge on any atom is 0.305 e. The maximum atomic E-state index is 13.7. The zero-order valence-corrected chi connectivity index (χ0v) is 8.91. The van der Waals surface area contributed by atoms with Crippen LogP contribution in [0.3, 0.4) is 0 Å². The van der Waals surface area contributed by atoms with E-state index in [2.05, 4.69) is 4.74 Å². The van der Waals surface area contributed by atoms with Gasteiger partial charge in [-0.1, -0.05) is 0 Å². The summed E-state index contributed by atoms with van der Waals surface area (Å²) in [6.07, 6.45) is -0.666. The van der Waals surface area contributed by atoms with E-state index in [1.165, 1.54) is 0 Å². The van der Waals surface area contributed by atoms with Gasteiger partial charge in [0.2, 0.25) is 0 Å². The summed E-state index contributed by atoms with van der Waals surface area (Å²) in [5.74, 6) is -4.95. The van der Waals surface area contributed by atoms with Crippen LogP contribution in [0.4, 0.5) is 8.78 Å². The second kappa shape index (κ2) is 4.96. The number of phenolic OH excluding ortho intramolecular Hbond substituents is 1. The zero-order valence-electron chi connectivity index (χ0n) is 8.91. The van der Waals surface area contributed by atoms with Gasteiger partial charge in [-0.25, -0.2) is 8.78 Å². The minimum atomic E-state index is -1.41. The van der Waals surface area contributed by atoms with Crippen LogP contribution in [0.25, 0.3) is 0 Å². The Labute approximate surface area is 95.4 Å². The highest BCUT2D eigenvalue weighted by molar-refractivity contribution is 5.68. The number of ether oxygens (including phenoxy) is 1. The normalized spacial score (nSPS) is 12.2. The fourth-order valence-electron chi connectivity index (χ4n) is 1.38. The molecule has 17 heavy (non-hydrogen) atoms. The molecule has 0 aromatic heterocycles. The van der Waals surface area contributed by atoms with Gasteiger partial charge in [-0.05, 0) is 0 Å². The van der Waals surface area contributed by atoms with Crippen molar-refractivity contribution >= 4 is 5.97 Å². The molecule has 1 aromatic carbocycles. The number of hydrogen-bond donors (Lipinski definition) is 3. The standard InChI is InChI=1S/C10H11F2NO4/c1-17-6-3-5(14)9(11)8(10(6)12)4(13)2-7(15)16/h3-4,14H,2,13H2,1H3,(H,15,16). The quantitative estimate of drug-likeness (QED) is 0.742. The molecule has 0 heterocycles. The van der Waals surface area contributed by atoms with Gasteiger partial charge in [0.15, 0.2) is 23.1 Å². The van der Waals surface area contributed by atoms with E-state index >= 15 is 0 Å². The average molecular weight is 247 g/mol. The number of aliphatic carboxylic acids is 1. The molecule has 0 aliphatic heterocycles. The largest absolute Gasteiger partial charge is 0.505 e. The van der Waals surface area contributed by atoms with Crippen molar-refractivity contribution < 1.29 is 28.5 Å². The molecule has 0 spiro atoms. The first-order chi connectivity index (χ1) is 7.88. The number of hydrogen-bond acceptors (Lipinski definition) is 4. The van der Waals surface area contributed by atoms with Crippen molar-refractivity contribution in [3.05, 3.63) is 23.3 Å². The lowest BCUT2D eigenvalue weighted by Crippen LogP contribution is -2.18. The van der Waals surface area contributed by atoms with E-state index in [0.29, 0.717) is 0 Å². The SMILES string of the molecule is COc1cc(O)c(F)c(C(N)CC(=O)O)c1F. The fraction of sp³-hybridized carbons (Fsp3) is 0.300. The number of aromatic hydroxyl groups is 1. The van der Waals surface area contributed by atoms with E-state index in [1.807, 2.05) is 0 Å². The van der Waals surface area contributed by atoms with E-state index in [1.54, 1.807) is 0 Å². The molecule has 0 bridgehead atoms.